The van der Waals surface area contributed by atoms with Crippen molar-refractivity contribution in [3.05, 3.63) is 59.7 Å². The second-order valence-electron chi connectivity index (χ2n) is 4.04. The van der Waals surface area contributed by atoms with Crippen LogP contribution in [0.3, 0.4) is 0 Å². The SMILES string of the molecule is CNc1ccc(CN)c(COc2ccccc2)c1. The van der Waals surface area contributed by atoms with Crippen molar-refractivity contribution >= 4 is 5.69 Å². The highest BCUT2D eigenvalue weighted by molar-refractivity contribution is 5.48. The number of ether oxygens (including phenoxy) is 1. The highest BCUT2D eigenvalue weighted by Crippen LogP contribution is 2.18. The van der Waals surface area contributed by atoms with E-state index in [1.165, 1.54) is 0 Å². The Hall–Kier alpha value is -2.00. The lowest BCUT2D eigenvalue weighted by molar-refractivity contribution is 0.305. The number of hydrogen-bond acceptors (Lipinski definition) is 3. The molecule has 3 nitrogen and oxygen atoms in total. The standard InChI is InChI=1S/C15H18N2O/c1-17-14-8-7-12(10-16)13(9-14)11-18-15-5-3-2-4-6-15/h2-9,17H,10-11,16H2,1H3. The molecule has 0 bridgehead atoms. The van der Waals surface area contributed by atoms with Crippen LogP contribution in [0.1, 0.15) is 11.1 Å². The van der Waals surface area contributed by atoms with Crippen LogP contribution in [-0.2, 0) is 13.2 Å². The average molecular weight is 242 g/mol. The molecule has 3 N–H and O–H groups in total. The quantitative estimate of drug-likeness (QED) is 0.847. The third-order valence-corrected chi connectivity index (χ3v) is 2.85. The minimum absolute atomic E-state index is 0.525. The van der Waals surface area contributed by atoms with Crippen molar-refractivity contribution in [2.45, 2.75) is 13.2 Å². The Balaban J connectivity index is 2.12. The van der Waals surface area contributed by atoms with E-state index in [2.05, 4.69) is 11.4 Å². The van der Waals surface area contributed by atoms with Gasteiger partial charge in [0.2, 0.25) is 0 Å². The third kappa shape index (κ3) is 3.02. The lowest BCUT2D eigenvalue weighted by Crippen LogP contribution is -2.05. The average Bonchev–Trinajstić information content (AvgIpc) is 2.45. The van der Waals surface area contributed by atoms with Gasteiger partial charge >= 0.3 is 0 Å². The van der Waals surface area contributed by atoms with Gasteiger partial charge in [0.1, 0.15) is 12.4 Å². The number of nitrogens with one attached hydrogen (secondary N) is 1. The van der Waals surface area contributed by atoms with Crippen LogP contribution in [-0.4, -0.2) is 7.05 Å². The number of rotatable bonds is 5. The smallest absolute Gasteiger partial charge is 0.119 e. The molecule has 0 unspecified atom stereocenters. The van der Waals surface area contributed by atoms with E-state index < -0.39 is 0 Å². The van der Waals surface area contributed by atoms with E-state index in [0.717, 1.165) is 22.6 Å². The molecule has 2 aromatic carbocycles. The first-order chi connectivity index (χ1) is 8.83. The maximum absolute atomic E-state index is 5.75. The Morgan fingerprint density at radius 2 is 1.83 bits per heavy atom. The van der Waals surface area contributed by atoms with Crippen molar-refractivity contribution in [3.8, 4) is 5.75 Å². The summed E-state index contributed by atoms with van der Waals surface area (Å²) in [4.78, 5) is 0. The molecule has 0 saturated heterocycles. The van der Waals surface area contributed by atoms with Crippen LogP contribution < -0.4 is 15.8 Å². The normalized spacial score (nSPS) is 10.1. The highest BCUT2D eigenvalue weighted by Gasteiger charge is 2.03. The summed E-state index contributed by atoms with van der Waals surface area (Å²) >= 11 is 0. The molecule has 94 valence electrons. The first kappa shape index (κ1) is 12.5. The summed E-state index contributed by atoms with van der Waals surface area (Å²) in [5, 5.41) is 3.12. The van der Waals surface area contributed by atoms with Crippen molar-refractivity contribution in [2.75, 3.05) is 12.4 Å². The molecule has 0 aliphatic carbocycles. The van der Waals surface area contributed by atoms with Crippen LogP contribution in [0.15, 0.2) is 48.5 Å². The van der Waals surface area contributed by atoms with Gasteiger partial charge in [-0.3, -0.25) is 0 Å². The van der Waals surface area contributed by atoms with Gasteiger partial charge in [0, 0.05) is 19.3 Å². The Morgan fingerprint density at radius 3 is 2.50 bits per heavy atom. The predicted octanol–water partition coefficient (Wildman–Crippen LogP) is 2.77. The minimum Gasteiger partial charge on any atom is -0.489 e. The topological polar surface area (TPSA) is 47.3 Å². The summed E-state index contributed by atoms with van der Waals surface area (Å²) in [6, 6.07) is 15.9. The largest absolute Gasteiger partial charge is 0.489 e. The molecule has 0 atom stereocenters. The number of benzene rings is 2. The second kappa shape index (κ2) is 6.07. The monoisotopic (exact) mass is 242 g/mol. The summed E-state index contributed by atoms with van der Waals surface area (Å²) in [6.45, 7) is 1.06. The summed E-state index contributed by atoms with van der Waals surface area (Å²) in [7, 11) is 1.90. The van der Waals surface area contributed by atoms with Gasteiger partial charge in [-0.2, -0.15) is 0 Å². The maximum atomic E-state index is 5.75. The van der Waals surface area contributed by atoms with Gasteiger partial charge in [-0.1, -0.05) is 24.3 Å². The van der Waals surface area contributed by atoms with Gasteiger partial charge in [-0.25, -0.2) is 0 Å². The molecule has 0 spiro atoms. The molecule has 0 saturated carbocycles. The zero-order valence-corrected chi connectivity index (χ0v) is 10.5. The first-order valence-electron chi connectivity index (χ1n) is 6.01. The van der Waals surface area contributed by atoms with Gasteiger partial charge < -0.3 is 15.8 Å². The van der Waals surface area contributed by atoms with Crippen molar-refractivity contribution in [2.24, 2.45) is 5.73 Å². The van der Waals surface area contributed by atoms with E-state index >= 15 is 0 Å². The van der Waals surface area contributed by atoms with Gasteiger partial charge in [0.15, 0.2) is 0 Å². The summed E-state index contributed by atoms with van der Waals surface area (Å²) in [5.74, 6) is 0.871. The molecule has 0 aliphatic heterocycles. The molecular formula is C15H18N2O. The first-order valence-corrected chi connectivity index (χ1v) is 6.01. The van der Waals surface area contributed by atoms with Crippen molar-refractivity contribution < 1.29 is 4.74 Å². The Kier molecular flexibility index (Phi) is 4.20. The van der Waals surface area contributed by atoms with E-state index in [1.807, 2.05) is 49.5 Å². The molecule has 0 aliphatic rings. The number of nitrogens with two attached hydrogens (primary N) is 1. The highest BCUT2D eigenvalue weighted by atomic mass is 16.5. The van der Waals surface area contributed by atoms with Crippen molar-refractivity contribution in [1.29, 1.82) is 0 Å². The summed E-state index contributed by atoms with van der Waals surface area (Å²) in [5.41, 5.74) is 9.04. The molecule has 0 fully saturated rings. The predicted molar refractivity (Wildman–Crippen MR) is 74.7 cm³/mol. The second-order valence-corrected chi connectivity index (χ2v) is 4.04. The van der Waals surface area contributed by atoms with E-state index in [9.17, 15) is 0 Å². The minimum atomic E-state index is 0.525. The maximum Gasteiger partial charge on any atom is 0.119 e. The van der Waals surface area contributed by atoms with E-state index in [-0.39, 0.29) is 0 Å². The lowest BCUT2D eigenvalue weighted by Gasteiger charge is -2.12. The van der Waals surface area contributed by atoms with Gasteiger partial charge in [0.25, 0.3) is 0 Å². The zero-order valence-electron chi connectivity index (χ0n) is 10.5. The fourth-order valence-corrected chi connectivity index (χ4v) is 1.79. The van der Waals surface area contributed by atoms with E-state index in [4.69, 9.17) is 10.5 Å². The molecular weight excluding hydrogens is 224 g/mol. The third-order valence-electron chi connectivity index (χ3n) is 2.85. The molecule has 2 aromatic rings. The van der Waals surface area contributed by atoms with Crippen LogP contribution in [0.25, 0.3) is 0 Å². The number of anilines is 1. The van der Waals surface area contributed by atoms with Gasteiger partial charge in [-0.15, -0.1) is 0 Å². The molecule has 0 amide bonds. The molecule has 3 heteroatoms. The van der Waals surface area contributed by atoms with Gasteiger partial charge in [-0.05, 0) is 35.4 Å². The fraction of sp³-hybridized carbons (Fsp3) is 0.200. The summed E-state index contributed by atoms with van der Waals surface area (Å²) in [6.07, 6.45) is 0. The van der Waals surface area contributed by atoms with Crippen LogP contribution in [0.5, 0.6) is 5.75 Å². The van der Waals surface area contributed by atoms with Crippen LogP contribution in [0.4, 0.5) is 5.69 Å². The van der Waals surface area contributed by atoms with Crippen LogP contribution >= 0.6 is 0 Å². The van der Waals surface area contributed by atoms with E-state index in [0.29, 0.717) is 13.2 Å². The van der Waals surface area contributed by atoms with Crippen LogP contribution in [0.2, 0.25) is 0 Å². The Morgan fingerprint density at radius 1 is 1.06 bits per heavy atom. The van der Waals surface area contributed by atoms with E-state index in [1.54, 1.807) is 0 Å². The summed E-state index contributed by atoms with van der Waals surface area (Å²) < 4.78 is 5.75. The number of hydrogen-bond donors (Lipinski definition) is 2. The van der Waals surface area contributed by atoms with Crippen LogP contribution in [0, 0.1) is 0 Å². The molecule has 18 heavy (non-hydrogen) atoms. The fourth-order valence-electron chi connectivity index (χ4n) is 1.79. The molecule has 2 rings (SSSR count). The van der Waals surface area contributed by atoms with Crippen molar-refractivity contribution in [3.63, 3.8) is 0 Å². The lowest BCUT2D eigenvalue weighted by atomic mass is 10.1. The van der Waals surface area contributed by atoms with Crippen molar-refractivity contribution in [1.82, 2.24) is 0 Å². The Bertz CT molecular complexity index is 497. The Labute approximate surface area is 108 Å². The zero-order chi connectivity index (χ0) is 12.8. The molecule has 0 heterocycles. The molecule has 0 radical (unpaired) electrons. The van der Waals surface area contributed by atoms with Gasteiger partial charge in [0.05, 0.1) is 0 Å². The molecule has 0 aromatic heterocycles. The number of para-hydroxylation sites is 1.